The first-order valence-electron chi connectivity index (χ1n) is 29.1. The zero-order chi connectivity index (χ0) is 55.9. The van der Waals surface area contributed by atoms with E-state index >= 15 is 0 Å². The quantitative estimate of drug-likeness (QED) is 0.140. The summed E-state index contributed by atoms with van der Waals surface area (Å²) in [6.45, 7) is 6.41. The van der Waals surface area contributed by atoms with Crippen molar-refractivity contribution in [2.45, 2.75) is 12.3 Å². The van der Waals surface area contributed by atoms with Crippen LogP contribution in [0.3, 0.4) is 0 Å². The highest BCUT2D eigenvalue weighted by molar-refractivity contribution is 6.19. The number of anilines is 3. The van der Waals surface area contributed by atoms with Gasteiger partial charge < -0.3 is 9.47 Å². The second-order valence-corrected chi connectivity index (χ2v) is 22.2. The number of benzene rings is 13. The van der Waals surface area contributed by atoms with Crippen LogP contribution in [0, 0.1) is 0 Å². The molecule has 2 aliphatic carbocycles. The lowest BCUT2D eigenvalue weighted by molar-refractivity contribution is 0.793. The van der Waals surface area contributed by atoms with Gasteiger partial charge in [0.05, 0.1) is 33.5 Å². The van der Waals surface area contributed by atoms with E-state index < -0.39 is 5.41 Å². The Bertz CT molecular complexity index is 5020. The number of hydrogen-bond acceptors (Lipinski definition) is 1. The molecular weight excluding hydrogens is 1010 g/mol. The number of aromatic nitrogens is 1. The first kappa shape index (κ1) is 49.1. The van der Waals surface area contributed by atoms with E-state index in [-0.39, 0.29) is 0 Å². The highest BCUT2D eigenvalue weighted by Crippen LogP contribution is 2.66. The number of fused-ring (bicyclic) bond motifs is 12. The van der Waals surface area contributed by atoms with Crippen molar-refractivity contribution < 1.29 is 0 Å². The van der Waals surface area contributed by atoms with E-state index in [1.54, 1.807) is 0 Å². The van der Waals surface area contributed by atoms with Gasteiger partial charge in [-0.2, -0.15) is 0 Å². The van der Waals surface area contributed by atoms with Crippen molar-refractivity contribution in [1.82, 2.24) is 4.57 Å². The van der Waals surface area contributed by atoms with Gasteiger partial charge in [0.25, 0.3) is 0 Å². The lowest BCUT2D eigenvalue weighted by Gasteiger charge is -2.32. The Labute approximate surface area is 490 Å². The molecule has 16 rings (SSSR count). The minimum Gasteiger partial charge on any atom is -0.309 e. The summed E-state index contributed by atoms with van der Waals surface area (Å²) in [5, 5.41) is 7.20. The Morgan fingerprint density at radius 2 is 0.905 bits per heavy atom. The highest BCUT2D eigenvalue weighted by Gasteiger charge is 2.53. The summed E-state index contributed by atoms with van der Waals surface area (Å²) in [4.78, 5) is 2.53. The Morgan fingerprint density at radius 3 is 1.61 bits per heavy atom. The smallest absolute Gasteiger partial charge is 0.0723 e. The molecule has 1 aromatic heterocycles. The molecule has 1 spiro atoms. The van der Waals surface area contributed by atoms with Crippen molar-refractivity contribution in [1.29, 1.82) is 0 Å². The standard InChI is InChI=1S/C82H56N2/c1-3-24-65-66-33-18-20-38-72(66)82(71(65)4-2)73-39-21-19-36-69(73)81-74(82)40-23-42-79(81)83(59-46-43-56(44-47-59)54-25-8-5-9-26-54)75-51-48-63(61-31-14-16-34-67(61)75)64-49-52-76(68-35-17-15-32-62(64)68)84-77-50-45-58(55-27-10-6-11-28-55)53-70(77)80-60(37-22-41-78(80)84)57-29-12-7-13-30-57/h3-53H,1H2,2H3/b65-24?,71-4+. The number of hydrogen-bond donors (Lipinski definition) is 0. The third-order valence-electron chi connectivity index (χ3n) is 18.0. The monoisotopic (exact) mass is 1070 g/mol. The third-order valence-corrected chi connectivity index (χ3v) is 18.0. The van der Waals surface area contributed by atoms with E-state index in [0.717, 1.165) is 28.1 Å². The fourth-order valence-corrected chi connectivity index (χ4v) is 14.5. The van der Waals surface area contributed by atoms with Gasteiger partial charge in [0.2, 0.25) is 0 Å². The molecule has 0 saturated carbocycles. The van der Waals surface area contributed by atoms with Crippen LogP contribution in [0.1, 0.15) is 29.2 Å². The molecule has 14 aromatic rings. The van der Waals surface area contributed by atoms with Crippen LogP contribution < -0.4 is 4.90 Å². The van der Waals surface area contributed by atoms with Gasteiger partial charge in [-0.3, -0.25) is 0 Å². The number of rotatable bonds is 9. The molecule has 1 heterocycles. The van der Waals surface area contributed by atoms with Crippen molar-refractivity contribution in [3.8, 4) is 61.3 Å². The van der Waals surface area contributed by atoms with Crippen LogP contribution in [-0.4, -0.2) is 4.57 Å². The van der Waals surface area contributed by atoms with Gasteiger partial charge in [-0.05, 0) is 150 Å². The van der Waals surface area contributed by atoms with Crippen molar-refractivity contribution in [2.75, 3.05) is 4.90 Å². The van der Waals surface area contributed by atoms with Crippen molar-refractivity contribution in [2.24, 2.45) is 0 Å². The first-order chi connectivity index (χ1) is 41.6. The van der Waals surface area contributed by atoms with E-state index in [2.05, 4.69) is 326 Å². The molecule has 1 atom stereocenters. The van der Waals surface area contributed by atoms with Crippen LogP contribution in [0.5, 0.6) is 0 Å². The molecule has 0 bridgehead atoms. The molecule has 0 radical (unpaired) electrons. The summed E-state index contributed by atoms with van der Waals surface area (Å²) in [6, 6.07) is 108. The summed E-state index contributed by atoms with van der Waals surface area (Å²) >= 11 is 0. The van der Waals surface area contributed by atoms with Gasteiger partial charge in [0, 0.05) is 32.8 Å². The molecule has 394 valence electrons. The van der Waals surface area contributed by atoms with Gasteiger partial charge in [-0.1, -0.05) is 267 Å². The minimum atomic E-state index is -0.529. The summed E-state index contributed by atoms with van der Waals surface area (Å²) in [7, 11) is 0. The number of nitrogens with zero attached hydrogens (tertiary/aromatic N) is 2. The molecule has 1 unspecified atom stereocenters. The van der Waals surface area contributed by atoms with E-state index in [9.17, 15) is 0 Å². The predicted octanol–water partition coefficient (Wildman–Crippen LogP) is 22.1. The van der Waals surface area contributed by atoms with Gasteiger partial charge in [0.1, 0.15) is 0 Å². The van der Waals surface area contributed by atoms with Crippen LogP contribution in [0.25, 0.3) is 110 Å². The molecule has 13 aromatic carbocycles. The molecule has 84 heavy (non-hydrogen) atoms. The first-order valence-corrected chi connectivity index (χ1v) is 29.1. The second kappa shape index (κ2) is 19.7. The molecule has 0 fully saturated rings. The summed E-state index contributed by atoms with van der Waals surface area (Å²) in [5.41, 5.74) is 25.9. The van der Waals surface area contributed by atoms with E-state index in [1.165, 1.54) is 127 Å². The molecule has 2 aliphatic rings. The van der Waals surface area contributed by atoms with Crippen LogP contribution in [0.2, 0.25) is 0 Å². The van der Waals surface area contributed by atoms with Crippen molar-refractivity contribution in [3.63, 3.8) is 0 Å². The van der Waals surface area contributed by atoms with Crippen LogP contribution in [-0.2, 0) is 5.41 Å². The molecule has 0 amide bonds. The van der Waals surface area contributed by atoms with E-state index in [1.807, 2.05) is 6.08 Å². The normalized spacial score (nSPS) is 15.1. The molecule has 0 saturated heterocycles. The largest absolute Gasteiger partial charge is 0.309 e. The average Bonchev–Trinajstić information content (AvgIpc) is 3.97. The van der Waals surface area contributed by atoms with Crippen LogP contribution >= 0.6 is 0 Å². The van der Waals surface area contributed by atoms with E-state index in [4.69, 9.17) is 0 Å². The Morgan fingerprint density at radius 1 is 0.369 bits per heavy atom. The summed E-state index contributed by atoms with van der Waals surface area (Å²) < 4.78 is 2.50. The molecule has 2 nitrogen and oxygen atoms in total. The molecule has 0 N–H and O–H groups in total. The maximum absolute atomic E-state index is 4.21. The number of allylic oxidation sites excluding steroid dienone is 5. The maximum Gasteiger partial charge on any atom is 0.0723 e. The SMILES string of the molecule is C=CC=C1/C(=C\C)C2(c3ccccc31)c1ccccc1-c1c(N(c3ccc(-c4ccccc4)cc3)c3ccc(-c4ccc(-n5c6ccc(-c7ccccc7)cc6c6c(-c7ccccc7)cccc65)c5ccccc45)c4ccccc34)cccc12. The van der Waals surface area contributed by atoms with Crippen LogP contribution in [0.15, 0.2) is 322 Å². The fraction of sp³-hybridized carbons (Fsp3) is 0.0244. The minimum absolute atomic E-state index is 0.529. The fourth-order valence-electron chi connectivity index (χ4n) is 14.5. The van der Waals surface area contributed by atoms with Crippen LogP contribution in [0.4, 0.5) is 17.1 Å². The Hall–Kier alpha value is -10.8. The van der Waals surface area contributed by atoms with E-state index in [0.29, 0.717) is 0 Å². The molecule has 2 heteroatoms. The Kier molecular flexibility index (Phi) is 11.5. The molecule has 0 aliphatic heterocycles. The summed E-state index contributed by atoms with van der Waals surface area (Å²) in [5.74, 6) is 0. The van der Waals surface area contributed by atoms with Crippen molar-refractivity contribution in [3.05, 3.63) is 344 Å². The predicted molar refractivity (Wildman–Crippen MR) is 356 cm³/mol. The maximum atomic E-state index is 4.21. The third kappa shape index (κ3) is 7.30. The van der Waals surface area contributed by atoms with Gasteiger partial charge in [-0.15, -0.1) is 0 Å². The average molecular weight is 1070 g/mol. The summed E-state index contributed by atoms with van der Waals surface area (Å²) in [6.07, 6.45) is 6.48. The van der Waals surface area contributed by atoms with Crippen molar-refractivity contribution >= 4 is 66.0 Å². The lowest BCUT2D eigenvalue weighted by Crippen LogP contribution is -2.26. The van der Waals surface area contributed by atoms with Gasteiger partial charge in [0.15, 0.2) is 0 Å². The topological polar surface area (TPSA) is 8.17 Å². The zero-order valence-corrected chi connectivity index (χ0v) is 46.5. The zero-order valence-electron chi connectivity index (χ0n) is 46.5. The van der Waals surface area contributed by atoms with Gasteiger partial charge >= 0.3 is 0 Å². The second-order valence-electron chi connectivity index (χ2n) is 22.2. The Balaban J connectivity index is 0.908. The molecular formula is C82H56N2. The highest BCUT2D eigenvalue weighted by atomic mass is 15.1. The van der Waals surface area contributed by atoms with Gasteiger partial charge in [-0.25, -0.2) is 0 Å². The lowest BCUT2D eigenvalue weighted by atomic mass is 9.70.